The highest BCUT2D eigenvalue weighted by atomic mass is 16.5. The summed E-state index contributed by atoms with van der Waals surface area (Å²) in [7, 11) is 1.51. The van der Waals surface area contributed by atoms with Gasteiger partial charge in [-0.05, 0) is 129 Å². The second kappa shape index (κ2) is 17.6. The number of aromatic nitrogens is 1. The molecule has 7 atom stereocenters. The number of hydrogen-bond acceptors (Lipinski definition) is 9. The number of ether oxygens (including phenoxy) is 1. The summed E-state index contributed by atoms with van der Waals surface area (Å²) in [6.45, 7) is 0.944. The van der Waals surface area contributed by atoms with Crippen molar-refractivity contribution in [1.82, 2.24) is 10.3 Å². The van der Waals surface area contributed by atoms with Crippen LogP contribution in [-0.4, -0.2) is 63.8 Å². The van der Waals surface area contributed by atoms with Crippen LogP contribution in [0.25, 0.3) is 0 Å². The molecule has 0 bridgehead atoms. The third-order valence-electron chi connectivity index (χ3n) is 12.7. The summed E-state index contributed by atoms with van der Waals surface area (Å²) in [5.74, 6) is 7.82. The third kappa shape index (κ3) is 9.37. The van der Waals surface area contributed by atoms with Crippen LogP contribution in [0.1, 0.15) is 132 Å². The van der Waals surface area contributed by atoms with E-state index in [2.05, 4.69) is 22.1 Å². The fourth-order valence-corrected chi connectivity index (χ4v) is 9.75. The van der Waals surface area contributed by atoms with Crippen LogP contribution in [0.5, 0.6) is 11.5 Å². The third-order valence-corrected chi connectivity index (χ3v) is 12.7. The molecule has 0 amide bonds. The molecule has 4 aliphatic rings. The molecule has 2 saturated carbocycles. The zero-order valence-corrected chi connectivity index (χ0v) is 31.0. The second-order valence-corrected chi connectivity index (χ2v) is 16.3. The minimum Gasteiger partial charge on any atom is -0.504 e. The quantitative estimate of drug-likeness (QED) is 0.119. The van der Waals surface area contributed by atoms with Gasteiger partial charge in [0.2, 0.25) is 0 Å². The molecule has 6 N–H and O–H groups in total. The number of nitrogens with zero attached hydrogens (tertiary/aromatic N) is 1. The molecule has 2 aromatic rings. The summed E-state index contributed by atoms with van der Waals surface area (Å²) in [6.07, 6.45) is 15.0. The molecular weight excluding hydrogens is 654 g/mol. The summed E-state index contributed by atoms with van der Waals surface area (Å²) >= 11 is 0. The Bertz CT molecular complexity index is 1610. The number of aromatic hydroxyl groups is 1. The van der Waals surface area contributed by atoms with Gasteiger partial charge in [-0.1, -0.05) is 43.9 Å². The van der Waals surface area contributed by atoms with Gasteiger partial charge in [-0.25, -0.2) is 4.98 Å². The van der Waals surface area contributed by atoms with E-state index < -0.39 is 18.1 Å². The average molecular weight is 714 g/mol. The number of methoxy groups -OCH3 is 1. The summed E-state index contributed by atoms with van der Waals surface area (Å²) in [6, 6.07) is 7.85. The molecule has 0 spiro atoms. The van der Waals surface area contributed by atoms with Crippen LogP contribution in [0.3, 0.4) is 0 Å². The molecule has 1 saturated heterocycles. The molecule has 52 heavy (non-hydrogen) atoms. The van der Waals surface area contributed by atoms with Crippen molar-refractivity contribution in [3.8, 4) is 23.3 Å². The van der Waals surface area contributed by atoms with Gasteiger partial charge in [0.05, 0.1) is 19.3 Å². The van der Waals surface area contributed by atoms with Gasteiger partial charge >= 0.3 is 0 Å². The van der Waals surface area contributed by atoms with Crippen molar-refractivity contribution < 1.29 is 29.6 Å². The van der Waals surface area contributed by atoms with Crippen molar-refractivity contribution in [3.63, 3.8) is 0 Å². The largest absolute Gasteiger partial charge is 0.504 e. The lowest BCUT2D eigenvalue weighted by atomic mass is 9.66. The van der Waals surface area contributed by atoms with Gasteiger partial charge in [0.1, 0.15) is 17.5 Å². The molecule has 0 radical (unpaired) electrons. The number of benzene rings is 1. The van der Waals surface area contributed by atoms with Crippen molar-refractivity contribution in [2.45, 2.75) is 145 Å². The Labute approximate surface area is 309 Å². The number of rotatable bonds is 13. The molecule has 3 fully saturated rings. The number of hydrogen-bond donors (Lipinski definition) is 5. The summed E-state index contributed by atoms with van der Waals surface area (Å²) < 4.78 is 5.43. The normalized spacial score (nSPS) is 27.1. The standard InChI is InChI=1S/C43H59N3O6/c1-52-41-22-30-12-16-39(50)35(38(49)8-4-3-7-28-21-31-10-13-33(47)24-37(31)46-27-28)15-11-29(36(30)25-40(41)51)9-14-34(48)26-43(18-5-2-6-19-43)32-17-20-45-42(44)23-32/h17,20,22-23,25,28-29,31,34-35,37-38,46,48-49,51H,2-10,12-14,16,18-19,21,24,26-27H2,1H3,(H2,44,45)/t28-,29+,31+,34-,35+,37+,38+/m0/s1. The first-order valence-electron chi connectivity index (χ1n) is 19.9. The van der Waals surface area contributed by atoms with E-state index >= 15 is 0 Å². The second-order valence-electron chi connectivity index (χ2n) is 16.3. The minimum atomic E-state index is -0.854. The maximum absolute atomic E-state index is 13.6. The van der Waals surface area contributed by atoms with Crippen molar-refractivity contribution >= 4 is 17.4 Å². The Morgan fingerprint density at radius 2 is 1.87 bits per heavy atom. The van der Waals surface area contributed by atoms with Crippen LogP contribution in [-0.2, 0) is 21.4 Å². The number of aryl methyl sites for hydroxylation is 1. The predicted molar refractivity (Wildman–Crippen MR) is 202 cm³/mol. The molecule has 6 rings (SSSR count). The number of piperidine rings is 1. The van der Waals surface area contributed by atoms with Gasteiger partial charge < -0.3 is 31.1 Å². The van der Waals surface area contributed by atoms with Gasteiger partial charge in [0.25, 0.3) is 0 Å². The van der Waals surface area contributed by atoms with Gasteiger partial charge in [0.15, 0.2) is 17.3 Å². The van der Waals surface area contributed by atoms with E-state index in [0.29, 0.717) is 80.2 Å². The molecule has 9 heteroatoms. The van der Waals surface area contributed by atoms with Crippen molar-refractivity contribution in [1.29, 1.82) is 0 Å². The lowest BCUT2D eigenvalue weighted by molar-refractivity contribution is -0.124. The lowest BCUT2D eigenvalue weighted by Crippen LogP contribution is -2.48. The van der Waals surface area contributed by atoms with Crippen LogP contribution in [0.15, 0.2) is 30.5 Å². The maximum Gasteiger partial charge on any atom is 0.160 e. The van der Waals surface area contributed by atoms with Crippen LogP contribution < -0.4 is 15.8 Å². The lowest BCUT2D eigenvalue weighted by Gasteiger charge is -2.39. The Hall–Kier alpha value is -3.45. The SMILES string of the molecule is COc1cc2c(cc1O)[C@H](CC[C@H](O)CC1(c3ccnc(N)c3)CCCCC1)C#C[C@H]([C@H](O)CCCC[C@@H]1CN[C@@H]3CC(=O)CC[C@@H]3C1)C(=O)CC2. The number of phenols is 1. The molecule has 2 heterocycles. The molecule has 3 aliphatic carbocycles. The maximum atomic E-state index is 13.6. The number of unbranched alkanes of at least 4 members (excludes halogenated alkanes) is 1. The fourth-order valence-electron chi connectivity index (χ4n) is 9.75. The van der Waals surface area contributed by atoms with Crippen molar-refractivity contribution in [3.05, 3.63) is 47.2 Å². The van der Waals surface area contributed by atoms with Gasteiger partial charge in [-0.3, -0.25) is 9.59 Å². The number of pyridine rings is 1. The number of nitrogens with one attached hydrogen (secondary N) is 1. The Balaban J connectivity index is 1.12. The average Bonchev–Trinajstić information content (AvgIpc) is 3.20. The number of phenolic OH excluding ortho intramolecular Hbond substituents is 1. The number of aliphatic hydroxyl groups excluding tert-OH is 2. The van der Waals surface area contributed by atoms with E-state index in [1.165, 1.54) is 13.5 Å². The van der Waals surface area contributed by atoms with Gasteiger partial charge in [-0.15, -0.1) is 0 Å². The first-order chi connectivity index (χ1) is 25.1. The molecule has 9 nitrogen and oxygen atoms in total. The van der Waals surface area contributed by atoms with E-state index in [4.69, 9.17) is 10.5 Å². The zero-order chi connectivity index (χ0) is 36.7. The zero-order valence-electron chi connectivity index (χ0n) is 31.0. The van der Waals surface area contributed by atoms with E-state index in [1.54, 1.807) is 18.3 Å². The monoisotopic (exact) mass is 713 g/mol. The predicted octanol–water partition coefficient (Wildman–Crippen LogP) is 6.30. The summed E-state index contributed by atoms with van der Waals surface area (Å²) in [5.41, 5.74) is 8.82. The molecule has 1 aliphatic heterocycles. The summed E-state index contributed by atoms with van der Waals surface area (Å²) in [4.78, 5) is 29.7. The fraction of sp³-hybridized carbons (Fsp3) is 0.651. The summed E-state index contributed by atoms with van der Waals surface area (Å²) in [5, 5.41) is 37.4. The van der Waals surface area contributed by atoms with E-state index in [0.717, 1.165) is 81.0 Å². The minimum absolute atomic E-state index is 0.0212. The number of fused-ring (bicyclic) bond motifs is 2. The Morgan fingerprint density at radius 3 is 2.65 bits per heavy atom. The Kier molecular flexibility index (Phi) is 12.9. The molecule has 1 aromatic heterocycles. The van der Waals surface area contributed by atoms with Crippen LogP contribution in [0.2, 0.25) is 0 Å². The number of Topliss-reactive ketones (excluding diaryl/α,β-unsaturated/α-hetero) is 2. The van der Waals surface area contributed by atoms with Crippen LogP contribution >= 0.6 is 0 Å². The first-order valence-corrected chi connectivity index (χ1v) is 19.9. The Morgan fingerprint density at radius 1 is 1.04 bits per heavy atom. The van der Waals surface area contributed by atoms with Gasteiger partial charge in [0, 0.05) is 37.4 Å². The highest BCUT2D eigenvalue weighted by Crippen LogP contribution is 2.44. The topological polar surface area (TPSA) is 155 Å². The first kappa shape index (κ1) is 38.3. The number of aliphatic hydroxyl groups is 2. The smallest absolute Gasteiger partial charge is 0.160 e. The highest BCUT2D eigenvalue weighted by Gasteiger charge is 2.37. The van der Waals surface area contributed by atoms with Crippen LogP contribution in [0.4, 0.5) is 5.82 Å². The number of carbonyl (C=O) groups excluding carboxylic acids is 2. The van der Waals surface area contributed by atoms with Crippen molar-refractivity contribution in [2.75, 3.05) is 19.4 Å². The van der Waals surface area contributed by atoms with E-state index in [1.807, 2.05) is 12.1 Å². The molecular formula is C43H59N3O6. The molecule has 1 aromatic carbocycles. The number of nitrogens with two attached hydrogens (primary N) is 1. The van der Waals surface area contributed by atoms with Crippen molar-refractivity contribution in [2.24, 2.45) is 17.8 Å². The van der Waals surface area contributed by atoms with Crippen LogP contribution in [0, 0.1) is 29.6 Å². The van der Waals surface area contributed by atoms with Gasteiger partial charge in [-0.2, -0.15) is 0 Å². The molecule has 282 valence electrons. The highest BCUT2D eigenvalue weighted by molar-refractivity contribution is 5.85. The molecule has 0 unspecified atom stereocenters. The van der Waals surface area contributed by atoms with E-state index in [9.17, 15) is 24.9 Å². The van der Waals surface area contributed by atoms with E-state index in [-0.39, 0.29) is 29.3 Å². The number of carbonyl (C=O) groups is 2. The number of anilines is 1. The number of ketones is 2. The number of nitrogen functional groups attached to an aromatic ring is 1.